The van der Waals surface area contributed by atoms with Gasteiger partial charge in [0.1, 0.15) is 5.75 Å². The molecular formula is C18H16ClF2N3O2S. The topological polar surface area (TPSA) is 53.9 Å². The lowest BCUT2D eigenvalue weighted by Gasteiger charge is -2.23. The minimum absolute atomic E-state index is 0.114. The standard InChI is InChI=1S/C18H16ClF2N3O2S/c1-12-11-22-17(27-12)24(16(25)23-13-5-3-2-4-6-13)14-7-9-15(10-8-14)26-18(19,20)21/h2-10,12H,11H2,1H3,(H,23,25). The molecule has 0 saturated carbocycles. The molecule has 1 aliphatic rings. The number of thioether (sulfide) groups is 1. The molecule has 1 aliphatic heterocycles. The number of amides is 2. The zero-order valence-corrected chi connectivity index (χ0v) is 15.8. The first kappa shape index (κ1) is 19.4. The van der Waals surface area contributed by atoms with Gasteiger partial charge in [0.05, 0.1) is 12.2 Å². The number of rotatable bonds is 4. The Morgan fingerprint density at radius 2 is 1.93 bits per heavy atom. The summed E-state index contributed by atoms with van der Waals surface area (Å²) in [6.07, 6.45) is 0. The number of alkyl halides is 3. The highest BCUT2D eigenvalue weighted by Gasteiger charge is 2.29. The number of hydrogen-bond acceptors (Lipinski definition) is 4. The van der Waals surface area contributed by atoms with Gasteiger partial charge in [-0.15, -0.1) is 8.78 Å². The fourth-order valence-corrected chi connectivity index (χ4v) is 3.44. The number of benzene rings is 2. The van der Waals surface area contributed by atoms with E-state index in [1.54, 1.807) is 12.1 Å². The number of urea groups is 1. The monoisotopic (exact) mass is 411 g/mol. The molecule has 1 heterocycles. The van der Waals surface area contributed by atoms with Crippen LogP contribution in [0.15, 0.2) is 59.6 Å². The number of nitrogens with zero attached hydrogens (tertiary/aromatic N) is 2. The molecule has 2 aromatic rings. The number of ether oxygens (including phenoxy) is 1. The zero-order chi connectivity index (χ0) is 19.4. The predicted octanol–water partition coefficient (Wildman–Crippen LogP) is 5.38. The van der Waals surface area contributed by atoms with Crippen molar-refractivity contribution in [2.24, 2.45) is 4.99 Å². The van der Waals surface area contributed by atoms with E-state index in [4.69, 9.17) is 11.6 Å². The van der Waals surface area contributed by atoms with Crippen LogP contribution in [0.25, 0.3) is 0 Å². The molecule has 0 bridgehead atoms. The summed E-state index contributed by atoms with van der Waals surface area (Å²) in [5, 5.41) is 3.58. The number of carbonyl (C=O) groups excluding carboxylic acids is 1. The van der Waals surface area contributed by atoms with Crippen LogP contribution in [0.5, 0.6) is 5.75 Å². The van der Waals surface area contributed by atoms with Crippen molar-refractivity contribution in [1.29, 1.82) is 0 Å². The van der Waals surface area contributed by atoms with Gasteiger partial charge >= 0.3 is 11.6 Å². The summed E-state index contributed by atoms with van der Waals surface area (Å²) in [6, 6.07) is 14.2. The largest absolute Gasteiger partial charge is 0.487 e. The highest BCUT2D eigenvalue weighted by molar-refractivity contribution is 8.15. The molecule has 0 aromatic heterocycles. The van der Waals surface area contributed by atoms with E-state index in [-0.39, 0.29) is 11.0 Å². The number of hydrogen-bond donors (Lipinski definition) is 1. The third-order valence-electron chi connectivity index (χ3n) is 3.54. The molecule has 142 valence electrons. The van der Waals surface area contributed by atoms with Gasteiger partial charge in [-0.1, -0.05) is 36.9 Å². The zero-order valence-electron chi connectivity index (χ0n) is 14.2. The molecule has 5 nitrogen and oxygen atoms in total. The summed E-state index contributed by atoms with van der Waals surface area (Å²) < 4.78 is 29.9. The van der Waals surface area contributed by atoms with Crippen molar-refractivity contribution in [3.8, 4) is 5.75 Å². The van der Waals surface area contributed by atoms with Crippen molar-refractivity contribution in [2.45, 2.75) is 17.7 Å². The van der Waals surface area contributed by atoms with E-state index in [1.807, 2.05) is 25.1 Å². The summed E-state index contributed by atoms with van der Waals surface area (Å²) in [5.74, 6) is -0.114. The van der Waals surface area contributed by atoms with Gasteiger partial charge in [-0.3, -0.25) is 4.99 Å². The number of nitrogens with one attached hydrogen (secondary N) is 1. The lowest BCUT2D eigenvalue weighted by Crippen LogP contribution is -2.38. The van der Waals surface area contributed by atoms with Gasteiger partial charge in [0, 0.05) is 22.5 Å². The van der Waals surface area contributed by atoms with E-state index in [9.17, 15) is 13.6 Å². The van der Waals surface area contributed by atoms with Crippen molar-refractivity contribution in [1.82, 2.24) is 0 Å². The van der Waals surface area contributed by atoms with Crippen LogP contribution in [-0.2, 0) is 0 Å². The molecule has 2 amide bonds. The van der Waals surface area contributed by atoms with Gasteiger partial charge in [0.25, 0.3) is 0 Å². The third kappa shape index (κ3) is 5.33. The van der Waals surface area contributed by atoms with Crippen LogP contribution in [0.1, 0.15) is 6.92 Å². The predicted molar refractivity (Wildman–Crippen MR) is 105 cm³/mol. The van der Waals surface area contributed by atoms with Crippen LogP contribution in [-0.4, -0.2) is 28.6 Å². The van der Waals surface area contributed by atoms with E-state index in [2.05, 4.69) is 15.0 Å². The van der Waals surface area contributed by atoms with Gasteiger partial charge in [-0.2, -0.15) is 0 Å². The Kier molecular flexibility index (Phi) is 5.86. The first-order valence-corrected chi connectivity index (χ1v) is 9.31. The molecule has 9 heteroatoms. The Bertz CT molecular complexity index is 829. The van der Waals surface area contributed by atoms with Crippen LogP contribution in [0.4, 0.5) is 25.0 Å². The van der Waals surface area contributed by atoms with E-state index < -0.39 is 11.6 Å². The first-order valence-electron chi connectivity index (χ1n) is 8.05. The van der Waals surface area contributed by atoms with Gasteiger partial charge < -0.3 is 10.1 Å². The first-order chi connectivity index (χ1) is 12.8. The molecule has 1 atom stereocenters. The number of aliphatic imine (C=N–C) groups is 1. The average molecular weight is 412 g/mol. The Labute approximate surface area is 164 Å². The summed E-state index contributed by atoms with van der Waals surface area (Å²) in [4.78, 5) is 18.7. The maximum absolute atomic E-state index is 12.9. The minimum Gasteiger partial charge on any atom is -0.420 e. The second-order valence-electron chi connectivity index (χ2n) is 5.73. The van der Waals surface area contributed by atoms with Crippen LogP contribution >= 0.6 is 23.4 Å². The Morgan fingerprint density at radius 1 is 1.26 bits per heavy atom. The minimum atomic E-state index is -3.80. The Balaban J connectivity index is 1.85. The SMILES string of the molecule is CC1CN=C(N(C(=O)Nc2ccccc2)c2ccc(OC(F)(F)Cl)cc2)S1. The second-order valence-corrected chi connectivity index (χ2v) is 7.57. The van der Waals surface area contributed by atoms with Crippen LogP contribution in [0, 0.1) is 0 Å². The van der Waals surface area contributed by atoms with Crippen molar-refractivity contribution in [3.05, 3.63) is 54.6 Å². The summed E-state index contributed by atoms with van der Waals surface area (Å²) in [6.45, 7) is 2.60. The molecule has 3 rings (SSSR count). The number of carbonyl (C=O) groups is 1. The van der Waals surface area contributed by atoms with Gasteiger partial charge in [0.2, 0.25) is 0 Å². The second kappa shape index (κ2) is 8.14. The quantitative estimate of drug-likeness (QED) is 0.687. The molecule has 27 heavy (non-hydrogen) atoms. The fourth-order valence-electron chi connectivity index (χ4n) is 2.40. The number of halogens is 3. The van der Waals surface area contributed by atoms with Crippen LogP contribution in [0.2, 0.25) is 0 Å². The van der Waals surface area contributed by atoms with E-state index in [1.165, 1.54) is 40.9 Å². The highest BCUT2D eigenvalue weighted by atomic mass is 35.5. The van der Waals surface area contributed by atoms with Crippen LogP contribution < -0.4 is 15.0 Å². The van der Waals surface area contributed by atoms with Crippen molar-refractivity contribution in [2.75, 3.05) is 16.8 Å². The van der Waals surface area contributed by atoms with E-state index in [0.29, 0.717) is 23.1 Å². The van der Waals surface area contributed by atoms with Crippen molar-refractivity contribution in [3.63, 3.8) is 0 Å². The maximum atomic E-state index is 12.9. The van der Waals surface area contributed by atoms with Gasteiger partial charge in [0.15, 0.2) is 5.17 Å². The van der Waals surface area contributed by atoms with Gasteiger partial charge in [-0.25, -0.2) is 9.69 Å². The summed E-state index contributed by atoms with van der Waals surface area (Å²) in [7, 11) is 0. The van der Waals surface area contributed by atoms with Crippen LogP contribution in [0.3, 0.4) is 0 Å². The third-order valence-corrected chi connectivity index (χ3v) is 4.69. The molecule has 0 aliphatic carbocycles. The van der Waals surface area contributed by atoms with Gasteiger partial charge in [-0.05, 0) is 36.4 Å². The Morgan fingerprint density at radius 3 is 2.48 bits per heavy atom. The molecule has 2 aromatic carbocycles. The normalized spacial score (nSPS) is 16.6. The van der Waals surface area contributed by atoms with E-state index >= 15 is 0 Å². The van der Waals surface area contributed by atoms with Crippen molar-refractivity contribution >= 4 is 45.9 Å². The molecule has 0 saturated heterocycles. The Hall–Kier alpha value is -2.32. The summed E-state index contributed by atoms with van der Waals surface area (Å²) in [5.41, 5.74) is -2.70. The number of anilines is 2. The maximum Gasteiger partial charge on any atom is 0.487 e. The molecule has 0 fully saturated rings. The molecule has 0 spiro atoms. The summed E-state index contributed by atoms with van der Waals surface area (Å²) >= 11 is 6.24. The smallest absolute Gasteiger partial charge is 0.420 e. The highest BCUT2D eigenvalue weighted by Crippen LogP contribution is 2.31. The molecular weight excluding hydrogens is 396 g/mol. The van der Waals surface area contributed by atoms with E-state index in [0.717, 1.165) is 0 Å². The lowest BCUT2D eigenvalue weighted by molar-refractivity contribution is -0.0964. The number of para-hydroxylation sites is 1. The average Bonchev–Trinajstić information content (AvgIpc) is 3.02. The van der Waals surface area contributed by atoms with Crippen molar-refractivity contribution < 1.29 is 18.3 Å². The molecule has 1 unspecified atom stereocenters. The molecule has 1 N–H and O–H groups in total. The fraction of sp³-hybridized carbons (Fsp3) is 0.222. The molecule has 0 radical (unpaired) electrons. The lowest BCUT2D eigenvalue weighted by atomic mass is 10.3. The number of amidine groups is 1.